The van der Waals surface area contributed by atoms with Crippen molar-refractivity contribution in [3.05, 3.63) is 77.9 Å². The van der Waals surface area contributed by atoms with E-state index in [1.54, 1.807) is 30.6 Å². The van der Waals surface area contributed by atoms with Gasteiger partial charge in [-0.05, 0) is 46.5 Å². The van der Waals surface area contributed by atoms with Gasteiger partial charge in [0.15, 0.2) is 0 Å². The van der Waals surface area contributed by atoms with Crippen molar-refractivity contribution in [1.29, 1.82) is 5.26 Å². The first kappa shape index (κ1) is 17.0. The molecule has 1 unspecified atom stereocenters. The van der Waals surface area contributed by atoms with Gasteiger partial charge in [-0.25, -0.2) is 4.39 Å². The van der Waals surface area contributed by atoms with E-state index in [4.69, 9.17) is 5.26 Å². The summed E-state index contributed by atoms with van der Waals surface area (Å²) in [6, 6.07) is 15.4. The lowest BCUT2D eigenvalue weighted by atomic mass is 9.95. The Morgan fingerprint density at radius 2 is 1.80 bits per heavy atom. The van der Waals surface area contributed by atoms with Crippen LogP contribution in [0.3, 0.4) is 0 Å². The van der Waals surface area contributed by atoms with Gasteiger partial charge in [0.25, 0.3) is 0 Å². The lowest BCUT2D eigenvalue weighted by Gasteiger charge is -2.12. The first-order valence-electron chi connectivity index (χ1n) is 7.37. The second-order valence-electron chi connectivity index (χ2n) is 5.36. The SMILES string of the molecule is N#Cc1ccc(-c2ccncc2-c2ccc(CS(=O)[O-])c(F)c2)cc1. The van der Waals surface area contributed by atoms with Crippen LogP contribution in [-0.2, 0) is 16.8 Å². The van der Waals surface area contributed by atoms with E-state index in [1.807, 2.05) is 18.2 Å². The maximum Gasteiger partial charge on any atom is 0.127 e. The summed E-state index contributed by atoms with van der Waals surface area (Å²) in [6.45, 7) is 0. The molecule has 0 fully saturated rings. The zero-order chi connectivity index (χ0) is 17.8. The molecule has 6 heteroatoms. The summed E-state index contributed by atoms with van der Waals surface area (Å²) in [5.74, 6) is -0.932. The number of nitrogens with zero attached hydrogens (tertiary/aromatic N) is 2. The van der Waals surface area contributed by atoms with Crippen molar-refractivity contribution in [2.45, 2.75) is 5.75 Å². The molecule has 1 atom stereocenters. The highest BCUT2D eigenvalue weighted by Crippen LogP contribution is 2.32. The Morgan fingerprint density at radius 1 is 1.08 bits per heavy atom. The normalized spacial score (nSPS) is 11.7. The highest BCUT2D eigenvalue weighted by molar-refractivity contribution is 7.78. The number of nitriles is 1. The predicted octanol–water partition coefficient (Wildman–Crippen LogP) is 3.81. The van der Waals surface area contributed by atoms with E-state index < -0.39 is 16.9 Å². The summed E-state index contributed by atoms with van der Waals surface area (Å²) in [5, 5.41) is 8.90. The molecule has 0 N–H and O–H groups in total. The zero-order valence-corrected chi connectivity index (χ0v) is 13.8. The van der Waals surface area contributed by atoms with Crippen molar-refractivity contribution in [2.75, 3.05) is 0 Å². The summed E-state index contributed by atoms with van der Waals surface area (Å²) in [4.78, 5) is 4.11. The number of rotatable bonds is 4. The maximum absolute atomic E-state index is 14.2. The Bertz CT molecular complexity index is 981. The maximum atomic E-state index is 14.2. The molecule has 0 spiro atoms. The Balaban J connectivity index is 2.05. The highest BCUT2D eigenvalue weighted by atomic mass is 32.2. The first-order chi connectivity index (χ1) is 12.1. The first-order valence-corrected chi connectivity index (χ1v) is 8.62. The lowest BCUT2D eigenvalue weighted by Crippen LogP contribution is -1.97. The van der Waals surface area contributed by atoms with Gasteiger partial charge < -0.3 is 4.55 Å². The van der Waals surface area contributed by atoms with Gasteiger partial charge in [-0.1, -0.05) is 35.3 Å². The summed E-state index contributed by atoms with van der Waals surface area (Å²) in [6.07, 6.45) is 3.27. The fourth-order valence-corrected chi connectivity index (χ4v) is 3.05. The van der Waals surface area contributed by atoms with Crippen LogP contribution in [0.2, 0.25) is 0 Å². The lowest BCUT2D eigenvalue weighted by molar-refractivity contribution is 0.533. The number of pyridine rings is 1. The van der Waals surface area contributed by atoms with Crippen LogP contribution in [0.4, 0.5) is 4.39 Å². The number of hydrogen-bond donors (Lipinski definition) is 0. The molecule has 3 aromatic rings. The van der Waals surface area contributed by atoms with E-state index in [9.17, 15) is 13.2 Å². The van der Waals surface area contributed by atoms with E-state index in [-0.39, 0.29) is 11.3 Å². The molecular weight excluding hydrogens is 339 g/mol. The molecule has 0 aliphatic rings. The van der Waals surface area contributed by atoms with Crippen LogP contribution in [0, 0.1) is 17.1 Å². The summed E-state index contributed by atoms with van der Waals surface area (Å²) >= 11 is -2.34. The zero-order valence-electron chi connectivity index (χ0n) is 13.0. The largest absolute Gasteiger partial charge is 0.772 e. The number of benzene rings is 2. The Hall–Kier alpha value is -2.88. The number of aromatic nitrogens is 1. The average Bonchev–Trinajstić information content (AvgIpc) is 2.63. The van der Waals surface area contributed by atoms with Gasteiger partial charge in [0.05, 0.1) is 11.6 Å². The van der Waals surface area contributed by atoms with Crippen LogP contribution in [0.5, 0.6) is 0 Å². The minimum Gasteiger partial charge on any atom is -0.772 e. The minimum atomic E-state index is -2.34. The van der Waals surface area contributed by atoms with E-state index in [0.29, 0.717) is 11.1 Å². The molecule has 0 aliphatic heterocycles. The molecule has 0 saturated carbocycles. The smallest absolute Gasteiger partial charge is 0.127 e. The van der Waals surface area contributed by atoms with E-state index in [2.05, 4.69) is 11.1 Å². The van der Waals surface area contributed by atoms with Crippen molar-refractivity contribution in [2.24, 2.45) is 0 Å². The quantitative estimate of drug-likeness (QED) is 0.670. The van der Waals surface area contributed by atoms with Crippen molar-refractivity contribution in [1.82, 2.24) is 4.98 Å². The van der Waals surface area contributed by atoms with Crippen LogP contribution < -0.4 is 0 Å². The van der Waals surface area contributed by atoms with Gasteiger partial charge >= 0.3 is 0 Å². The fraction of sp³-hybridized carbons (Fsp3) is 0.0526. The topological polar surface area (TPSA) is 76.8 Å². The molecule has 3 rings (SSSR count). The average molecular weight is 351 g/mol. The molecule has 0 aliphatic carbocycles. The number of halogens is 1. The van der Waals surface area contributed by atoms with E-state index in [0.717, 1.165) is 16.7 Å². The second kappa shape index (κ2) is 7.34. The third kappa shape index (κ3) is 3.79. The Morgan fingerprint density at radius 3 is 2.44 bits per heavy atom. The van der Waals surface area contributed by atoms with Gasteiger partial charge in [-0.2, -0.15) is 5.26 Å². The third-order valence-electron chi connectivity index (χ3n) is 3.78. The molecular formula is C19H12FN2O2S-. The monoisotopic (exact) mass is 351 g/mol. The van der Waals surface area contributed by atoms with Crippen LogP contribution in [0.1, 0.15) is 11.1 Å². The van der Waals surface area contributed by atoms with Crippen molar-refractivity contribution < 1.29 is 13.2 Å². The van der Waals surface area contributed by atoms with Crippen molar-refractivity contribution in [3.8, 4) is 28.3 Å². The molecule has 0 bridgehead atoms. The molecule has 1 aromatic heterocycles. The fourth-order valence-electron chi connectivity index (χ4n) is 2.56. The van der Waals surface area contributed by atoms with Gasteiger partial charge in [0.1, 0.15) is 5.82 Å². The van der Waals surface area contributed by atoms with Crippen molar-refractivity contribution in [3.63, 3.8) is 0 Å². The number of hydrogen-bond acceptors (Lipinski definition) is 4. The Kier molecular flexibility index (Phi) is 4.98. The van der Waals surface area contributed by atoms with Crippen molar-refractivity contribution >= 4 is 11.1 Å². The molecule has 0 radical (unpaired) electrons. The summed E-state index contributed by atoms with van der Waals surface area (Å²) in [7, 11) is 0. The second-order valence-corrected chi connectivity index (χ2v) is 6.26. The molecule has 0 amide bonds. The van der Waals surface area contributed by atoms with Crippen LogP contribution in [0.15, 0.2) is 60.9 Å². The molecule has 124 valence electrons. The van der Waals surface area contributed by atoms with Gasteiger partial charge in [0, 0.05) is 23.7 Å². The predicted molar refractivity (Wildman–Crippen MR) is 92.4 cm³/mol. The molecule has 1 heterocycles. The van der Waals surface area contributed by atoms with Gasteiger partial charge in [-0.15, -0.1) is 0 Å². The van der Waals surface area contributed by atoms with Gasteiger partial charge in [0.2, 0.25) is 0 Å². The molecule has 25 heavy (non-hydrogen) atoms. The molecule has 4 nitrogen and oxygen atoms in total. The van der Waals surface area contributed by atoms with Crippen LogP contribution in [-0.4, -0.2) is 13.7 Å². The summed E-state index contributed by atoms with van der Waals surface area (Å²) in [5.41, 5.74) is 3.73. The van der Waals surface area contributed by atoms with Crippen LogP contribution >= 0.6 is 0 Å². The highest BCUT2D eigenvalue weighted by Gasteiger charge is 2.11. The molecule has 2 aromatic carbocycles. The van der Waals surface area contributed by atoms with E-state index >= 15 is 0 Å². The Labute approximate surface area is 146 Å². The molecule has 0 saturated heterocycles. The third-order valence-corrected chi connectivity index (χ3v) is 4.33. The summed E-state index contributed by atoms with van der Waals surface area (Å²) < 4.78 is 35.7. The van der Waals surface area contributed by atoms with E-state index in [1.165, 1.54) is 12.1 Å². The standard InChI is InChI=1S/C19H13FN2O2S/c20-19-9-15(5-6-16(19)12-25(23)24)18-11-22-8-7-17(18)14-3-1-13(10-21)2-4-14/h1-9,11H,12H2,(H,23,24)/p-1. The van der Waals surface area contributed by atoms with Gasteiger partial charge in [-0.3, -0.25) is 9.19 Å². The minimum absolute atomic E-state index is 0.126. The van der Waals surface area contributed by atoms with Crippen LogP contribution in [0.25, 0.3) is 22.3 Å².